The van der Waals surface area contributed by atoms with Crippen molar-refractivity contribution in [2.75, 3.05) is 31.5 Å². The molecule has 5 bridgehead atoms. The molecular weight excluding hydrogens is 857 g/mol. The molecule has 17 nitrogen and oxygen atoms in total. The number of Topliss-reactive ketones (excluding diaryl/α,β-unsaturated/α-hetero) is 1. The van der Waals surface area contributed by atoms with Crippen LogP contribution in [-0.4, -0.2) is 98.3 Å². The first-order valence-electron chi connectivity index (χ1n) is 23.6. The van der Waals surface area contributed by atoms with Gasteiger partial charge in [0.25, 0.3) is 11.7 Å². The number of benzene rings is 2. The van der Waals surface area contributed by atoms with Crippen LogP contribution < -0.4 is 38.1 Å². The number of hydrogen-bond acceptors (Lipinski definition) is 16. The van der Waals surface area contributed by atoms with Crippen molar-refractivity contribution in [3.05, 3.63) is 69.9 Å². The highest BCUT2D eigenvalue weighted by Crippen LogP contribution is 2.50. The fraction of sp³-hybridized carbons (Fsp3) is 0.580. The van der Waals surface area contributed by atoms with Crippen LogP contribution in [0.25, 0.3) is 10.8 Å². The number of rotatable bonds is 7. The number of nitrogens with zero attached hydrogens (tertiary/aromatic N) is 4. The summed E-state index contributed by atoms with van der Waals surface area (Å²) < 4.78 is 18.6. The number of allylic oxidation sites excluding steroid dienone is 4. The number of carbonyl (C=O) groups excluding carboxylic acids is 3. The normalized spacial score (nSPS) is 30.4. The van der Waals surface area contributed by atoms with Gasteiger partial charge in [0.2, 0.25) is 0 Å². The van der Waals surface area contributed by atoms with Crippen molar-refractivity contribution in [1.82, 2.24) is 9.91 Å². The molecule has 364 valence electrons. The van der Waals surface area contributed by atoms with Crippen molar-refractivity contribution in [2.45, 2.75) is 130 Å². The Morgan fingerprint density at radius 2 is 1.72 bits per heavy atom. The first-order valence-corrected chi connectivity index (χ1v) is 23.6. The SMILES string of the molecule is C/C1=C/C=C/[C@H](C)C[C@@H](C)C(O)[C@@H](C)C(OC(=O)CN(N)/C=C(\N)C2(N)CC2)[C@H](C)C/C=C/OC2(C)Oc3c(C)c(O)c4c(O)c(c5c(c4c3C2=O)=NC2(CCN(CC(C)C)CC2)N=5)NC1=O. The largest absolute Gasteiger partial charge is 0.507 e. The molecule has 17 heteroatoms. The average molecular weight is 927 g/mol. The number of esters is 1. The number of hydrazine groups is 1. The van der Waals surface area contributed by atoms with Gasteiger partial charge in [0, 0.05) is 73.7 Å². The van der Waals surface area contributed by atoms with Crippen molar-refractivity contribution in [2.24, 2.45) is 56.9 Å². The molecule has 1 saturated carbocycles. The van der Waals surface area contributed by atoms with Gasteiger partial charge >= 0.3 is 11.8 Å². The Hall–Kier alpha value is -5.49. The first-order chi connectivity index (χ1) is 31.5. The Morgan fingerprint density at radius 1 is 1.04 bits per heavy atom. The second-order valence-corrected chi connectivity index (χ2v) is 20.4. The van der Waals surface area contributed by atoms with E-state index >= 15 is 0 Å². The number of fused-ring (bicyclic) bond motifs is 13. The van der Waals surface area contributed by atoms with Crippen molar-refractivity contribution in [3.8, 4) is 17.2 Å². The van der Waals surface area contributed by atoms with Crippen molar-refractivity contribution < 1.29 is 43.9 Å². The lowest BCUT2D eigenvalue weighted by Gasteiger charge is -2.36. The maximum atomic E-state index is 14.8. The topological polar surface area (TPSA) is 261 Å². The highest BCUT2D eigenvalue weighted by molar-refractivity contribution is 6.19. The lowest BCUT2D eigenvalue weighted by atomic mass is 9.80. The summed E-state index contributed by atoms with van der Waals surface area (Å²) in [6.07, 6.45) is 11.7. The summed E-state index contributed by atoms with van der Waals surface area (Å²) in [5.41, 5.74) is 11.7. The molecule has 0 aromatic heterocycles. The second-order valence-electron chi connectivity index (χ2n) is 20.4. The van der Waals surface area contributed by atoms with Crippen LogP contribution in [0.5, 0.6) is 17.2 Å². The van der Waals surface area contributed by atoms with Gasteiger partial charge in [-0.25, -0.2) is 5.84 Å². The molecular formula is C50H70N8O9. The van der Waals surface area contributed by atoms with Gasteiger partial charge in [-0.15, -0.1) is 0 Å². The smallest absolute Gasteiger partial charge is 0.327 e. The molecule has 10 N–H and O–H groups in total. The molecule has 8 rings (SSSR count). The summed E-state index contributed by atoms with van der Waals surface area (Å²) in [6, 6.07) is 0. The standard InChI is InChI=1S/C50H70N8O9/c1-26(2)23-57-19-17-50(18-20-57)55-38-35-36-42(61)32(8)45-37(35)46(63)48(9,67-45)65-21-11-14-28(4)44(66-34(59)25-58(53)24-33(51)49(52)15-16-49)31(7)41(60)30(6)22-27(3)12-10-13-29(5)47(64)54-40(43(36)62)39(38)56-50/h10-13,21,24,26-28,30-31,41,44,60-62H,14-20,22-23,25,51-53H2,1-9H3,(H,54,64)/b12-10+,21-11+,29-13-,33-24-/t27-,28+,30+,31+,41?,44?,48?/m0/s1. The number of aromatic hydroxyl groups is 2. The van der Waals surface area contributed by atoms with E-state index < -0.39 is 58.5 Å². The molecule has 1 spiro atoms. The number of ketones is 1. The molecule has 1 amide bonds. The number of aliphatic hydroxyl groups is 1. The van der Waals surface area contributed by atoms with Crippen LogP contribution in [0, 0.1) is 36.5 Å². The molecule has 0 radical (unpaired) electrons. The minimum atomic E-state index is -1.91. The van der Waals surface area contributed by atoms with Gasteiger partial charge in [-0.3, -0.25) is 24.4 Å². The third-order valence-electron chi connectivity index (χ3n) is 14.2. The number of amides is 1. The Morgan fingerprint density at radius 3 is 2.37 bits per heavy atom. The number of anilines is 1. The number of hydrogen-bond donors (Lipinski definition) is 7. The molecule has 1 aliphatic carbocycles. The van der Waals surface area contributed by atoms with Crippen LogP contribution in [0.3, 0.4) is 0 Å². The van der Waals surface area contributed by atoms with Crippen molar-refractivity contribution in [3.63, 3.8) is 0 Å². The molecule has 5 aliphatic heterocycles. The van der Waals surface area contributed by atoms with Gasteiger partial charge in [-0.2, -0.15) is 0 Å². The summed E-state index contributed by atoms with van der Waals surface area (Å²) in [7, 11) is 0. The predicted molar refractivity (Wildman–Crippen MR) is 254 cm³/mol. The third-order valence-corrected chi connectivity index (χ3v) is 14.2. The minimum Gasteiger partial charge on any atom is -0.507 e. The number of phenols is 2. The zero-order valence-corrected chi connectivity index (χ0v) is 40.4. The molecule has 5 heterocycles. The fourth-order valence-corrected chi connectivity index (χ4v) is 9.91. The minimum absolute atomic E-state index is 0.0183. The number of nitrogens with one attached hydrogen (secondary N) is 1. The monoisotopic (exact) mass is 927 g/mol. The van der Waals surface area contributed by atoms with E-state index in [1.807, 2.05) is 33.8 Å². The summed E-state index contributed by atoms with van der Waals surface area (Å²) in [4.78, 5) is 54.9. The summed E-state index contributed by atoms with van der Waals surface area (Å²) in [6.45, 7) is 18.8. The average Bonchev–Trinajstić information content (AvgIpc) is 3.84. The molecule has 2 aromatic carbocycles. The quantitative estimate of drug-likeness (QED) is 0.0867. The molecule has 1 saturated heterocycles. The predicted octanol–water partition coefficient (Wildman–Crippen LogP) is 4.60. The Bertz CT molecular complexity index is 2560. The van der Waals surface area contributed by atoms with Crippen LogP contribution in [-0.2, 0) is 19.1 Å². The van der Waals surface area contributed by atoms with Crippen LogP contribution in [0.1, 0.15) is 110 Å². The summed E-state index contributed by atoms with van der Waals surface area (Å²) in [5, 5.41) is 40.4. The lowest BCUT2D eigenvalue weighted by Crippen LogP contribution is -2.43. The van der Waals surface area contributed by atoms with Gasteiger partial charge in [-0.1, -0.05) is 59.8 Å². The Labute approximate surface area is 392 Å². The number of nitrogens with two attached hydrogens (primary N) is 3. The second kappa shape index (κ2) is 18.9. The Balaban J connectivity index is 1.28. The zero-order valence-electron chi connectivity index (χ0n) is 40.4. The number of ether oxygens (including phenoxy) is 3. The summed E-state index contributed by atoms with van der Waals surface area (Å²) in [5.74, 6) is 1.09. The van der Waals surface area contributed by atoms with Gasteiger partial charge in [0.15, 0.2) is 11.4 Å². The van der Waals surface area contributed by atoms with Crippen LogP contribution in [0.4, 0.5) is 5.69 Å². The van der Waals surface area contributed by atoms with E-state index in [-0.39, 0.29) is 74.1 Å². The van der Waals surface area contributed by atoms with E-state index in [2.05, 4.69) is 24.1 Å². The molecule has 7 atom stereocenters. The molecule has 67 heavy (non-hydrogen) atoms. The summed E-state index contributed by atoms with van der Waals surface area (Å²) >= 11 is 0. The van der Waals surface area contributed by atoms with Crippen LogP contribution in [0.15, 0.2) is 58.0 Å². The molecule has 3 unspecified atom stereocenters. The number of carbonyl (C=O) groups is 3. The van der Waals surface area contributed by atoms with E-state index in [9.17, 15) is 29.7 Å². The van der Waals surface area contributed by atoms with Gasteiger partial charge in [-0.05, 0) is 69.3 Å². The maximum absolute atomic E-state index is 14.8. The van der Waals surface area contributed by atoms with Crippen molar-refractivity contribution in [1.29, 1.82) is 0 Å². The van der Waals surface area contributed by atoms with Crippen molar-refractivity contribution >= 4 is 34.1 Å². The number of likely N-dealkylation sites (tertiary alicyclic amines) is 1. The Kier molecular flexibility index (Phi) is 13.9. The molecule has 2 fully saturated rings. The maximum Gasteiger partial charge on any atom is 0.327 e. The highest BCUT2D eigenvalue weighted by atomic mass is 16.7. The fourth-order valence-electron chi connectivity index (χ4n) is 9.91. The molecule has 2 aromatic rings. The van der Waals surface area contributed by atoms with Crippen LogP contribution >= 0.6 is 0 Å². The lowest BCUT2D eigenvalue weighted by molar-refractivity contribution is -0.159. The number of piperidine rings is 1. The van der Waals surface area contributed by atoms with Gasteiger partial charge in [0.1, 0.15) is 35.2 Å². The van der Waals surface area contributed by atoms with E-state index in [0.717, 1.165) is 24.4 Å². The third kappa shape index (κ3) is 9.92. The number of aliphatic hydroxyl groups excluding tert-OH is 1. The zero-order chi connectivity index (χ0) is 48.9. The van der Waals surface area contributed by atoms with E-state index in [1.165, 1.54) is 19.4 Å². The van der Waals surface area contributed by atoms with Crippen LogP contribution in [0.2, 0.25) is 0 Å². The van der Waals surface area contributed by atoms with Gasteiger partial charge in [0.05, 0.1) is 34.2 Å². The van der Waals surface area contributed by atoms with E-state index in [1.54, 1.807) is 32.1 Å². The number of phenolic OH excluding ortho intramolecular Hbond substituents is 2. The first kappa shape index (κ1) is 49.4. The van der Waals surface area contributed by atoms with Gasteiger partial charge < -0.3 is 56.2 Å². The highest BCUT2D eigenvalue weighted by Gasteiger charge is 2.50. The molecule has 6 aliphatic rings. The van der Waals surface area contributed by atoms with E-state index in [4.69, 9.17) is 41.5 Å². The van der Waals surface area contributed by atoms with E-state index in [0.29, 0.717) is 56.0 Å².